The molecule has 8 heteroatoms. The predicted octanol–water partition coefficient (Wildman–Crippen LogP) is 6.54. The quantitative estimate of drug-likeness (QED) is 0.255. The second kappa shape index (κ2) is 11.4. The average Bonchev–Trinajstić information content (AvgIpc) is 3.36. The zero-order valence-electron chi connectivity index (χ0n) is 20.7. The Morgan fingerprint density at radius 2 is 1.83 bits per heavy atom. The van der Waals surface area contributed by atoms with Crippen molar-refractivity contribution in [1.82, 2.24) is 20.4 Å². The zero-order chi connectivity index (χ0) is 24.8. The number of carbonyl (C=O) groups is 1. The third-order valence-electron chi connectivity index (χ3n) is 6.11. The molecule has 184 valence electrons. The Bertz CT molecular complexity index is 1170. The first kappa shape index (κ1) is 24.9. The van der Waals surface area contributed by atoms with E-state index < -0.39 is 0 Å². The van der Waals surface area contributed by atoms with Gasteiger partial charge in [0.25, 0.3) is 5.89 Å². The van der Waals surface area contributed by atoms with Gasteiger partial charge in [-0.25, -0.2) is 4.79 Å². The van der Waals surface area contributed by atoms with Crippen LogP contribution in [-0.2, 0) is 0 Å². The van der Waals surface area contributed by atoms with E-state index in [-0.39, 0.29) is 12.1 Å². The molecule has 1 unspecified atom stereocenters. The molecule has 2 amide bonds. The van der Waals surface area contributed by atoms with Crippen molar-refractivity contribution in [3.8, 4) is 17.1 Å². The van der Waals surface area contributed by atoms with E-state index >= 15 is 0 Å². The normalized spacial score (nSPS) is 15.9. The van der Waals surface area contributed by atoms with E-state index in [1.807, 2.05) is 56.5 Å². The maximum absolute atomic E-state index is 13.1. The van der Waals surface area contributed by atoms with Crippen LogP contribution in [0.3, 0.4) is 0 Å². The lowest BCUT2D eigenvalue weighted by atomic mass is 9.94. The first-order valence-electron chi connectivity index (χ1n) is 12.1. The number of carbonyl (C=O) groups excluding carboxylic acids is 1. The van der Waals surface area contributed by atoms with Crippen molar-refractivity contribution in [1.29, 1.82) is 0 Å². The van der Waals surface area contributed by atoms with E-state index in [9.17, 15) is 4.79 Å². The minimum atomic E-state index is -0.380. The van der Waals surface area contributed by atoms with Crippen LogP contribution in [0, 0.1) is 0 Å². The fourth-order valence-corrected chi connectivity index (χ4v) is 4.62. The number of ether oxygens (including phenoxy) is 1. The van der Waals surface area contributed by atoms with Gasteiger partial charge in [-0.2, -0.15) is 4.98 Å². The number of amides is 2. The van der Waals surface area contributed by atoms with E-state index in [2.05, 4.69) is 29.5 Å². The Kier molecular flexibility index (Phi) is 8.13. The first-order valence-corrected chi connectivity index (χ1v) is 13.3. The number of allylic oxidation sites excluding steroid dienone is 1. The molecule has 1 N–H and O–H groups in total. The van der Waals surface area contributed by atoms with Crippen molar-refractivity contribution in [2.75, 3.05) is 19.4 Å². The third kappa shape index (κ3) is 5.53. The van der Waals surface area contributed by atoms with E-state index in [4.69, 9.17) is 14.2 Å². The van der Waals surface area contributed by atoms with Gasteiger partial charge in [0.1, 0.15) is 5.75 Å². The van der Waals surface area contributed by atoms with Crippen LogP contribution in [0.15, 0.2) is 63.6 Å². The number of aromatic nitrogens is 2. The average molecular weight is 493 g/mol. The highest BCUT2D eigenvalue weighted by Crippen LogP contribution is 2.38. The maximum Gasteiger partial charge on any atom is 0.322 e. The van der Waals surface area contributed by atoms with Crippen LogP contribution in [0.1, 0.15) is 57.5 Å². The van der Waals surface area contributed by atoms with Crippen LogP contribution < -0.4 is 10.1 Å². The van der Waals surface area contributed by atoms with E-state index in [1.165, 1.54) is 0 Å². The number of rotatable bonds is 10. The SMILES string of the molecule is CCCCCN1C(=O)NC(c2ccc(SC)cc2)C(c2nc(-c3ccc(OCC)cc3)no2)=C1C. The van der Waals surface area contributed by atoms with Gasteiger partial charge in [-0.3, -0.25) is 4.90 Å². The molecule has 7 nitrogen and oxygen atoms in total. The summed E-state index contributed by atoms with van der Waals surface area (Å²) in [4.78, 5) is 20.8. The number of hydrogen-bond donors (Lipinski definition) is 1. The number of hydrogen-bond acceptors (Lipinski definition) is 6. The van der Waals surface area contributed by atoms with Crippen LogP contribution in [0.4, 0.5) is 4.79 Å². The number of urea groups is 1. The van der Waals surface area contributed by atoms with Crippen LogP contribution in [0.25, 0.3) is 17.0 Å². The largest absolute Gasteiger partial charge is 0.494 e. The van der Waals surface area contributed by atoms with Gasteiger partial charge in [-0.05, 0) is 68.5 Å². The third-order valence-corrected chi connectivity index (χ3v) is 6.85. The van der Waals surface area contributed by atoms with Crippen molar-refractivity contribution < 1.29 is 14.1 Å². The fourth-order valence-electron chi connectivity index (χ4n) is 4.21. The number of benzene rings is 2. The van der Waals surface area contributed by atoms with Crippen LogP contribution >= 0.6 is 11.8 Å². The van der Waals surface area contributed by atoms with Crippen molar-refractivity contribution in [2.24, 2.45) is 0 Å². The van der Waals surface area contributed by atoms with Gasteiger partial charge >= 0.3 is 6.03 Å². The lowest BCUT2D eigenvalue weighted by Gasteiger charge is -2.35. The van der Waals surface area contributed by atoms with E-state index in [0.29, 0.717) is 24.9 Å². The summed E-state index contributed by atoms with van der Waals surface area (Å²) >= 11 is 1.68. The Balaban J connectivity index is 1.72. The minimum Gasteiger partial charge on any atom is -0.494 e. The molecule has 0 fully saturated rings. The van der Waals surface area contributed by atoms with Gasteiger partial charge in [-0.1, -0.05) is 37.1 Å². The highest BCUT2D eigenvalue weighted by atomic mass is 32.2. The summed E-state index contributed by atoms with van der Waals surface area (Å²) in [5, 5.41) is 7.43. The van der Waals surface area contributed by atoms with Gasteiger partial charge in [-0.15, -0.1) is 11.8 Å². The molecule has 3 aromatic rings. The molecule has 0 saturated heterocycles. The molecule has 2 heterocycles. The van der Waals surface area contributed by atoms with Crippen LogP contribution in [0.5, 0.6) is 5.75 Å². The molecule has 0 radical (unpaired) electrons. The smallest absolute Gasteiger partial charge is 0.322 e. The minimum absolute atomic E-state index is 0.104. The van der Waals surface area contributed by atoms with Crippen molar-refractivity contribution >= 4 is 23.4 Å². The molecular weight excluding hydrogens is 460 g/mol. The molecule has 1 aliphatic heterocycles. The van der Waals surface area contributed by atoms with Gasteiger partial charge in [0.15, 0.2) is 0 Å². The van der Waals surface area contributed by atoms with Gasteiger partial charge in [0.2, 0.25) is 5.82 Å². The lowest BCUT2D eigenvalue weighted by molar-refractivity contribution is 0.204. The van der Waals surface area contributed by atoms with Crippen LogP contribution in [0.2, 0.25) is 0 Å². The summed E-state index contributed by atoms with van der Waals surface area (Å²) in [6.07, 6.45) is 5.13. The molecule has 1 aliphatic rings. The number of nitrogens with zero attached hydrogens (tertiary/aromatic N) is 3. The fraction of sp³-hybridized carbons (Fsp3) is 0.370. The standard InChI is InChI=1S/C27H32N4O3S/c1-5-7-8-17-31-18(3)23(24(28-27(31)32)19-11-15-22(35-4)16-12-19)26-29-25(30-34-26)20-9-13-21(14-10-20)33-6-2/h9-16,24H,5-8,17H2,1-4H3,(H,28,32). The Morgan fingerprint density at radius 1 is 1.09 bits per heavy atom. The molecular formula is C27H32N4O3S. The molecule has 35 heavy (non-hydrogen) atoms. The monoisotopic (exact) mass is 492 g/mol. The molecule has 2 aromatic carbocycles. The molecule has 0 aliphatic carbocycles. The molecule has 0 spiro atoms. The number of nitrogens with one attached hydrogen (secondary N) is 1. The Morgan fingerprint density at radius 3 is 2.49 bits per heavy atom. The lowest BCUT2D eigenvalue weighted by Crippen LogP contribution is -2.46. The van der Waals surface area contributed by atoms with Crippen molar-refractivity contribution in [3.63, 3.8) is 0 Å². The number of unbranched alkanes of at least 4 members (excludes halogenated alkanes) is 2. The van der Waals surface area contributed by atoms with Gasteiger partial charge in [0.05, 0.1) is 18.2 Å². The second-order valence-electron chi connectivity index (χ2n) is 8.39. The Hall–Kier alpha value is -3.26. The van der Waals surface area contributed by atoms with Crippen molar-refractivity contribution in [2.45, 2.75) is 51.0 Å². The summed E-state index contributed by atoms with van der Waals surface area (Å²) in [7, 11) is 0. The molecule has 0 saturated carbocycles. The molecule has 1 atom stereocenters. The maximum atomic E-state index is 13.1. The summed E-state index contributed by atoms with van der Waals surface area (Å²) in [6.45, 7) is 7.32. The molecule has 1 aromatic heterocycles. The van der Waals surface area contributed by atoms with Crippen LogP contribution in [-0.4, -0.2) is 40.5 Å². The highest BCUT2D eigenvalue weighted by Gasteiger charge is 2.35. The molecule has 4 rings (SSSR count). The van der Waals surface area contributed by atoms with E-state index in [1.54, 1.807) is 16.7 Å². The summed E-state index contributed by atoms with van der Waals surface area (Å²) in [5.41, 5.74) is 3.47. The zero-order valence-corrected chi connectivity index (χ0v) is 21.5. The summed E-state index contributed by atoms with van der Waals surface area (Å²) < 4.78 is 11.3. The van der Waals surface area contributed by atoms with Gasteiger partial charge in [0, 0.05) is 22.7 Å². The summed E-state index contributed by atoms with van der Waals surface area (Å²) in [6, 6.07) is 15.3. The first-order chi connectivity index (χ1) is 17.0. The van der Waals surface area contributed by atoms with Crippen molar-refractivity contribution in [3.05, 3.63) is 65.7 Å². The second-order valence-corrected chi connectivity index (χ2v) is 9.27. The summed E-state index contributed by atoms with van der Waals surface area (Å²) in [5.74, 6) is 1.70. The topological polar surface area (TPSA) is 80.5 Å². The number of thioether (sulfide) groups is 1. The van der Waals surface area contributed by atoms with Gasteiger partial charge < -0.3 is 14.6 Å². The Labute approximate surface area is 210 Å². The molecule has 0 bridgehead atoms. The van der Waals surface area contributed by atoms with E-state index in [0.717, 1.165) is 52.3 Å². The highest BCUT2D eigenvalue weighted by molar-refractivity contribution is 7.98. The predicted molar refractivity (Wildman–Crippen MR) is 139 cm³/mol.